The molecule has 1 aromatic heterocycles. The van der Waals surface area contributed by atoms with Crippen LogP contribution in [0.1, 0.15) is 28.5 Å². The fraction of sp³-hybridized carbons (Fsp3) is 0.438. The minimum absolute atomic E-state index is 0. The van der Waals surface area contributed by atoms with Crippen LogP contribution < -0.4 is 10.1 Å². The van der Waals surface area contributed by atoms with Gasteiger partial charge < -0.3 is 19.5 Å². The number of aromatic nitrogens is 2. The van der Waals surface area contributed by atoms with Gasteiger partial charge in [0.2, 0.25) is 11.7 Å². The lowest BCUT2D eigenvalue weighted by molar-refractivity contribution is 0.0761. The van der Waals surface area contributed by atoms with Crippen molar-refractivity contribution in [2.75, 3.05) is 26.2 Å². The number of carbonyl (C=O) groups is 1. The van der Waals surface area contributed by atoms with Gasteiger partial charge >= 0.3 is 0 Å². The number of hydrogen-bond acceptors (Lipinski definition) is 6. The minimum atomic E-state index is -0.00593. The van der Waals surface area contributed by atoms with E-state index < -0.39 is 0 Å². The molecule has 1 N–H and O–H groups in total. The molecule has 2 heterocycles. The molecule has 1 aliphatic heterocycles. The zero-order chi connectivity index (χ0) is 16.1. The largest absolute Gasteiger partial charge is 0.485 e. The second-order valence-corrected chi connectivity index (χ2v) is 5.41. The van der Waals surface area contributed by atoms with Crippen LogP contribution in [-0.2, 0) is 6.61 Å². The number of nitrogens with one attached hydrogen (secondary N) is 1. The highest BCUT2D eigenvalue weighted by Crippen LogP contribution is 2.21. The van der Waals surface area contributed by atoms with Crippen LogP contribution in [0.15, 0.2) is 28.8 Å². The van der Waals surface area contributed by atoms with Crippen LogP contribution in [0.4, 0.5) is 0 Å². The van der Waals surface area contributed by atoms with E-state index in [0.29, 0.717) is 29.6 Å². The Hall–Kier alpha value is -2.12. The number of aryl methyl sites for hydroxylation is 1. The number of halogens is 1. The summed E-state index contributed by atoms with van der Waals surface area (Å²) in [4.78, 5) is 18.7. The number of ether oxygens (including phenoxy) is 1. The molecule has 0 radical (unpaired) electrons. The topological polar surface area (TPSA) is 80.5 Å². The number of para-hydroxylation sites is 1. The zero-order valence-electron chi connectivity index (χ0n) is 13.5. The number of carbonyl (C=O) groups excluding carboxylic acids is 1. The summed E-state index contributed by atoms with van der Waals surface area (Å²) in [5.41, 5.74) is 0.564. The van der Waals surface area contributed by atoms with Crippen LogP contribution in [0.5, 0.6) is 5.75 Å². The van der Waals surface area contributed by atoms with E-state index in [1.165, 1.54) is 0 Å². The van der Waals surface area contributed by atoms with Gasteiger partial charge in [-0.25, -0.2) is 0 Å². The lowest BCUT2D eigenvalue weighted by Crippen LogP contribution is -2.34. The van der Waals surface area contributed by atoms with Crippen LogP contribution >= 0.6 is 12.4 Å². The summed E-state index contributed by atoms with van der Waals surface area (Å²) >= 11 is 0. The maximum absolute atomic E-state index is 12.8. The van der Waals surface area contributed by atoms with Crippen molar-refractivity contribution in [3.63, 3.8) is 0 Å². The minimum Gasteiger partial charge on any atom is -0.485 e. The molecule has 1 aromatic carbocycles. The average molecular weight is 353 g/mol. The predicted molar refractivity (Wildman–Crippen MR) is 90.4 cm³/mol. The first kappa shape index (κ1) is 18.2. The van der Waals surface area contributed by atoms with Crippen molar-refractivity contribution in [2.24, 2.45) is 0 Å². The zero-order valence-corrected chi connectivity index (χ0v) is 14.3. The first-order valence-electron chi connectivity index (χ1n) is 7.75. The van der Waals surface area contributed by atoms with E-state index >= 15 is 0 Å². The van der Waals surface area contributed by atoms with Crippen molar-refractivity contribution in [2.45, 2.75) is 20.0 Å². The van der Waals surface area contributed by atoms with E-state index in [1.807, 2.05) is 17.0 Å². The molecule has 0 saturated carbocycles. The van der Waals surface area contributed by atoms with Crippen molar-refractivity contribution in [3.8, 4) is 5.75 Å². The Labute approximate surface area is 146 Å². The Morgan fingerprint density at radius 3 is 2.96 bits per heavy atom. The summed E-state index contributed by atoms with van der Waals surface area (Å²) in [6.07, 6.45) is 0.955. The molecule has 0 unspecified atom stereocenters. The van der Waals surface area contributed by atoms with Gasteiger partial charge in [0.25, 0.3) is 5.91 Å². The van der Waals surface area contributed by atoms with Crippen molar-refractivity contribution in [1.29, 1.82) is 0 Å². The second kappa shape index (κ2) is 8.65. The van der Waals surface area contributed by atoms with Gasteiger partial charge in [-0.15, -0.1) is 12.4 Å². The molecular formula is C16H21ClN4O3. The van der Waals surface area contributed by atoms with Gasteiger partial charge in [0.15, 0.2) is 6.61 Å². The SMILES string of the molecule is Cc1nc(COc2ccccc2C(=O)N2CCCNCC2)no1.Cl. The van der Waals surface area contributed by atoms with Gasteiger partial charge in [0, 0.05) is 26.6 Å². The van der Waals surface area contributed by atoms with Gasteiger partial charge in [-0.3, -0.25) is 4.79 Å². The number of amides is 1. The van der Waals surface area contributed by atoms with Crippen molar-refractivity contribution < 1.29 is 14.1 Å². The van der Waals surface area contributed by atoms with Crippen LogP contribution in [-0.4, -0.2) is 47.1 Å². The van der Waals surface area contributed by atoms with Gasteiger partial charge in [-0.05, 0) is 25.1 Å². The van der Waals surface area contributed by atoms with Crippen molar-refractivity contribution in [3.05, 3.63) is 41.5 Å². The van der Waals surface area contributed by atoms with E-state index in [2.05, 4.69) is 15.5 Å². The standard InChI is InChI=1S/C16H20N4O3.ClH/c1-12-18-15(19-23-12)11-22-14-6-3-2-5-13(14)16(21)20-9-4-7-17-8-10-20;/h2-3,5-6,17H,4,7-11H2,1H3;1H. The van der Waals surface area contributed by atoms with E-state index in [9.17, 15) is 4.79 Å². The number of benzene rings is 1. The maximum Gasteiger partial charge on any atom is 0.257 e. The molecule has 1 saturated heterocycles. The van der Waals surface area contributed by atoms with Crippen molar-refractivity contribution >= 4 is 18.3 Å². The summed E-state index contributed by atoms with van der Waals surface area (Å²) in [5.74, 6) is 1.49. The third-order valence-corrected chi connectivity index (χ3v) is 3.67. The number of hydrogen-bond donors (Lipinski definition) is 1. The Bertz CT molecular complexity index is 669. The molecule has 1 fully saturated rings. The molecular weight excluding hydrogens is 332 g/mol. The average Bonchev–Trinajstić information content (AvgIpc) is 2.82. The summed E-state index contributed by atoms with van der Waals surface area (Å²) in [6, 6.07) is 7.26. The number of rotatable bonds is 4. The Balaban J connectivity index is 0.00000208. The molecule has 24 heavy (non-hydrogen) atoms. The van der Waals surface area contributed by atoms with Crippen LogP contribution in [0.25, 0.3) is 0 Å². The molecule has 0 spiro atoms. The Morgan fingerprint density at radius 2 is 2.17 bits per heavy atom. The van der Waals surface area contributed by atoms with Crippen LogP contribution in [0.3, 0.4) is 0 Å². The lowest BCUT2D eigenvalue weighted by Gasteiger charge is -2.21. The lowest BCUT2D eigenvalue weighted by atomic mass is 10.1. The van der Waals surface area contributed by atoms with Gasteiger partial charge in [0.1, 0.15) is 5.75 Å². The highest BCUT2D eigenvalue weighted by molar-refractivity contribution is 5.97. The molecule has 0 atom stereocenters. The fourth-order valence-corrected chi connectivity index (χ4v) is 2.53. The monoisotopic (exact) mass is 352 g/mol. The molecule has 0 aliphatic carbocycles. The van der Waals surface area contributed by atoms with Gasteiger partial charge in [-0.1, -0.05) is 17.3 Å². The summed E-state index contributed by atoms with van der Waals surface area (Å²) in [6.45, 7) is 5.11. The van der Waals surface area contributed by atoms with E-state index in [0.717, 1.165) is 26.1 Å². The summed E-state index contributed by atoms with van der Waals surface area (Å²) < 4.78 is 10.6. The van der Waals surface area contributed by atoms with E-state index in [4.69, 9.17) is 9.26 Å². The predicted octanol–water partition coefficient (Wildman–Crippen LogP) is 1.81. The van der Waals surface area contributed by atoms with Crippen molar-refractivity contribution in [1.82, 2.24) is 20.4 Å². The Morgan fingerprint density at radius 1 is 1.33 bits per heavy atom. The smallest absolute Gasteiger partial charge is 0.257 e. The number of nitrogens with zero attached hydrogens (tertiary/aromatic N) is 3. The summed E-state index contributed by atoms with van der Waals surface area (Å²) in [7, 11) is 0. The molecule has 1 amide bonds. The molecule has 3 rings (SSSR count). The maximum atomic E-state index is 12.8. The molecule has 1 aliphatic rings. The first-order valence-corrected chi connectivity index (χ1v) is 7.75. The quantitative estimate of drug-likeness (QED) is 0.904. The molecule has 2 aromatic rings. The fourth-order valence-electron chi connectivity index (χ4n) is 2.53. The third kappa shape index (κ3) is 4.46. The van der Waals surface area contributed by atoms with Crippen LogP contribution in [0.2, 0.25) is 0 Å². The van der Waals surface area contributed by atoms with E-state index in [-0.39, 0.29) is 24.9 Å². The highest BCUT2D eigenvalue weighted by Gasteiger charge is 2.20. The molecule has 130 valence electrons. The summed E-state index contributed by atoms with van der Waals surface area (Å²) in [5, 5.41) is 7.09. The molecule has 7 nitrogen and oxygen atoms in total. The van der Waals surface area contributed by atoms with Crippen LogP contribution in [0, 0.1) is 6.92 Å². The second-order valence-electron chi connectivity index (χ2n) is 5.41. The molecule has 8 heteroatoms. The normalized spacial score (nSPS) is 14.6. The Kier molecular flexibility index (Phi) is 6.57. The molecule has 0 bridgehead atoms. The van der Waals surface area contributed by atoms with Gasteiger partial charge in [-0.2, -0.15) is 4.98 Å². The first-order chi connectivity index (χ1) is 11.2. The third-order valence-electron chi connectivity index (χ3n) is 3.67. The highest BCUT2D eigenvalue weighted by atomic mass is 35.5. The van der Waals surface area contributed by atoms with Gasteiger partial charge in [0.05, 0.1) is 5.56 Å². The van der Waals surface area contributed by atoms with E-state index in [1.54, 1.807) is 19.1 Å².